The molecule has 0 saturated heterocycles. The molecular formula is C25H18O6. The number of benzene rings is 3. The van der Waals surface area contributed by atoms with E-state index in [1.54, 1.807) is 44.2 Å². The van der Waals surface area contributed by atoms with Crippen LogP contribution in [0.25, 0.3) is 0 Å². The third kappa shape index (κ3) is 3.32. The molecule has 31 heavy (non-hydrogen) atoms. The van der Waals surface area contributed by atoms with Crippen molar-refractivity contribution in [3.8, 4) is 0 Å². The fourth-order valence-corrected chi connectivity index (χ4v) is 4.16. The summed E-state index contributed by atoms with van der Waals surface area (Å²) in [4.78, 5) is 49.1. The van der Waals surface area contributed by atoms with Crippen molar-refractivity contribution in [1.82, 2.24) is 0 Å². The molecule has 0 spiro atoms. The lowest BCUT2D eigenvalue weighted by Gasteiger charge is -2.23. The SMILES string of the molecule is Cc1cc(Cc2cc(C(=O)O)cc(C(=O)O)c2)c(C)c2c1C(=O)c1ccccc1C2=O. The first-order chi connectivity index (χ1) is 14.7. The van der Waals surface area contributed by atoms with Crippen molar-refractivity contribution in [1.29, 1.82) is 0 Å². The zero-order chi connectivity index (χ0) is 22.4. The Morgan fingerprint density at radius 2 is 1.29 bits per heavy atom. The van der Waals surface area contributed by atoms with Crippen molar-refractivity contribution >= 4 is 23.5 Å². The molecule has 6 heteroatoms. The zero-order valence-corrected chi connectivity index (χ0v) is 16.9. The summed E-state index contributed by atoms with van der Waals surface area (Å²) >= 11 is 0. The van der Waals surface area contributed by atoms with E-state index in [9.17, 15) is 29.4 Å². The van der Waals surface area contributed by atoms with Gasteiger partial charge < -0.3 is 10.2 Å². The van der Waals surface area contributed by atoms with Gasteiger partial charge in [0, 0.05) is 22.3 Å². The predicted octanol–water partition coefficient (Wildman–Crippen LogP) is 4.07. The van der Waals surface area contributed by atoms with Gasteiger partial charge in [-0.2, -0.15) is 0 Å². The Morgan fingerprint density at radius 3 is 1.81 bits per heavy atom. The summed E-state index contributed by atoms with van der Waals surface area (Å²) < 4.78 is 0. The van der Waals surface area contributed by atoms with Crippen molar-refractivity contribution in [2.45, 2.75) is 20.3 Å². The van der Waals surface area contributed by atoms with Crippen LogP contribution in [0.2, 0.25) is 0 Å². The summed E-state index contributed by atoms with van der Waals surface area (Å²) in [6, 6.07) is 12.5. The summed E-state index contributed by atoms with van der Waals surface area (Å²) in [5.41, 5.74) is 3.75. The van der Waals surface area contributed by atoms with Crippen molar-refractivity contribution in [2.24, 2.45) is 0 Å². The van der Waals surface area contributed by atoms with Gasteiger partial charge in [-0.3, -0.25) is 9.59 Å². The van der Waals surface area contributed by atoms with Gasteiger partial charge in [0.15, 0.2) is 11.6 Å². The fraction of sp³-hybridized carbons (Fsp3) is 0.120. The smallest absolute Gasteiger partial charge is 0.335 e. The maximum Gasteiger partial charge on any atom is 0.335 e. The summed E-state index contributed by atoms with van der Waals surface area (Å²) in [6.45, 7) is 3.52. The third-order valence-electron chi connectivity index (χ3n) is 5.64. The molecule has 1 aliphatic rings. The number of aromatic carboxylic acids is 2. The van der Waals surface area contributed by atoms with Crippen molar-refractivity contribution < 1.29 is 29.4 Å². The van der Waals surface area contributed by atoms with E-state index in [-0.39, 0.29) is 29.1 Å². The Morgan fingerprint density at radius 1 is 0.774 bits per heavy atom. The molecule has 6 nitrogen and oxygen atoms in total. The molecule has 154 valence electrons. The average Bonchev–Trinajstić information content (AvgIpc) is 2.74. The molecule has 0 bridgehead atoms. The summed E-state index contributed by atoms with van der Waals surface area (Å²) in [5, 5.41) is 18.6. The second-order valence-corrected chi connectivity index (χ2v) is 7.64. The van der Waals surface area contributed by atoms with Gasteiger partial charge in [-0.15, -0.1) is 0 Å². The Kier molecular flexibility index (Phi) is 4.78. The number of carbonyl (C=O) groups is 4. The minimum Gasteiger partial charge on any atom is -0.478 e. The van der Waals surface area contributed by atoms with Crippen LogP contribution >= 0.6 is 0 Å². The highest BCUT2D eigenvalue weighted by atomic mass is 16.4. The van der Waals surface area contributed by atoms with Crippen molar-refractivity contribution in [2.75, 3.05) is 0 Å². The van der Waals surface area contributed by atoms with E-state index < -0.39 is 11.9 Å². The molecule has 0 heterocycles. The van der Waals surface area contributed by atoms with Crippen LogP contribution in [0.5, 0.6) is 0 Å². The standard InChI is InChI=1S/C25H18O6/c1-12-7-15(8-14-9-16(24(28)29)11-17(10-14)25(30)31)13(2)21-20(12)22(26)18-5-3-4-6-19(18)23(21)27/h3-7,9-11H,8H2,1-2H3,(H,28,29)(H,30,31). The number of carbonyl (C=O) groups excluding carboxylic acids is 2. The molecule has 0 aromatic heterocycles. The van der Waals surface area contributed by atoms with Crippen LogP contribution < -0.4 is 0 Å². The minimum absolute atomic E-state index is 0.123. The van der Waals surface area contributed by atoms with Crippen LogP contribution in [0.1, 0.15) is 74.8 Å². The van der Waals surface area contributed by atoms with Crippen LogP contribution in [0.3, 0.4) is 0 Å². The van der Waals surface area contributed by atoms with Gasteiger partial charge in [0.25, 0.3) is 0 Å². The van der Waals surface area contributed by atoms with Crippen molar-refractivity contribution in [3.05, 3.63) is 104 Å². The van der Waals surface area contributed by atoms with Gasteiger partial charge in [0.05, 0.1) is 11.1 Å². The molecule has 2 N–H and O–H groups in total. The number of hydrogen-bond acceptors (Lipinski definition) is 4. The van der Waals surface area contributed by atoms with Crippen LogP contribution in [0.4, 0.5) is 0 Å². The Hall–Kier alpha value is -4.06. The molecule has 0 radical (unpaired) electrons. The normalized spacial score (nSPS) is 12.3. The molecule has 1 aliphatic carbocycles. The molecule has 3 aromatic rings. The average molecular weight is 414 g/mol. The molecule has 0 fully saturated rings. The predicted molar refractivity (Wildman–Crippen MR) is 112 cm³/mol. The maximum atomic E-state index is 13.2. The Labute approximate surface area is 177 Å². The molecule has 4 rings (SSSR count). The number of ketones is 2. The lowest BCUT2D eigenvalue weighted by atomic mass is 9.78. The van der Waals surface area contributed by atoms with E-state index in [1.807, 2.05) is 0 Å². The van der Waals surface area contributed by atoms with E-state index >= 15 is 0 Å². The third-order valence-corrected chi connectivity index (χ3v) is 5.64. The summed E-state index contributed by atoms with van der Waals surface area (Å²) in [5.74, 6) is -2.86. The Bertz CT molecular complexity index is 1280. The van der Waals surface area contributed by atoms with E-state index in [0.29, 0.717) is 38.9 Å². The van der Waals surface area contributed by atoms with Crippen LogP contribution in [0, 0.1) is 13.8 Å². The van der Waals surface area contributed by atoms with E-state index in [2.05, 4.69) is 0 Å². The van der Waals surface area contributed by atoms with Gasteiger partial charge in [-0.25, -0.2) is 9.59 Å². The largest absolute Gasteiger partial charge is 0.478 e. The second-order valence-electron chi connectivity index (χ2n) is 7.64. The number of fused-ring (bicyclic) bond motifs is 2. The monoisotopic (exact) mass is 414 g/mol. The minimum atomic E-state index is -1.22. The second kappa shape index (κ2) is 7.32. The van der Waals surface area contributed by atoms with Crippen LogP contribution in [-0.4, -0.2) is 33.7 Å². The molecule has 0 unspecified atom stereocenters. The molecular weight excluding hydrogens is 396 g/mol. The van der Waals surface area contributed by atoms with Gasteiger partial charge in [0.1, 0.15) is 0 Å². The first kappa shape index (κ1) is 20.2. The molecule has 0 saturated carbocycles. The molecule has 0 aliphatic heterocycles. The van der Waals surface area contributed by atoms with Gasteiger partial charge in [0.2, 0.25) is 0 Å². The lowest BCUT2D eigenvalue weighted by molar-refractivity contribution is 0.0696. The van der Waals surface area contributed by atoms with Crippen LogP contribution in [0.15, 0.2) is 48.5 Å². The lowest BCUT2D eigenvalue weighted by Crippen LogP contribution is -2.24. The highest BCUT2D eigenvalue weighted by molar-refractivity contribution is 6.29. The highest BCUT2D eigenvalue weighted by Crippen LogP contribution is 2.34. The first-order valence-corrected chi connectivity index (χ1v) is 9.61. The highest BCUT2D eigenvalue weighted by Gasteiger charge is 2.33. The molecule has 3 aromatic carbocycles. The maximum absolute atomic E-state index is 13.2. The van der Waals surface area contributed by atoms with E-state index in [1.165, 1.54) is 12.1 Å². The number of hydrogen-bond donors (Lipinski definition) is 2. The molecule has 0 atom stereocenters. The fourth-order valence-electron chi connectivity index (χ4n) is 4.16. The number of carboxylic acids is 2. The summed E-state index contributed by atoms with van der Waals surface area (Å²) in [6.07, 6.45) is 0.227. The van der Waals surface area contributed by atoms with Crippen molar-refractivity contribution in [3.63, 3.8) is 0 Å². The zero-order valence-electron chi connectivity index (χ0n) is 16.9. The quantitative estimate of drug-likeness (QED) is 0.521. The van der Waals surface area contributed by atoms with E-state index in [4.69, 9.17) is 0 Å². The molecule has 0 amide bonds. The van der Waals surface area contributed by atoms with Gasteiger partial charge >= 0.3 is 11.9 Å². The van der Waals surface area contributed by atoms with Gasteiger partial charge in [-0.05, 0) is 60.7 Å². The van der Waals surface area contributed by atoms with Gasteiger partial charge in [-0.1, -0.05) is 30.3 Å². The number of carboxylic acid groups (broad SMARTS) is 2. The first-order valence-electron chi connectivity index (χ1n) is 9.61. The van der Waals surface area contributed by atoms with Crippen LogP contribution in [-0.2, 0) is 6.42 Å². The number of rotatable bonds is 4. The van der Waals surface area contributed by atoms with E-state index in [0.717, 1.165) is 11.6 Å². The Balaban J connectivity index is 1.86. The summed E-state index contributed by atoms with van der Waals surface area (Å²) in [7, 11) is 0. The topological polar surface area (TPSA) is 109 Å². The number of aryl methyl sites for hydroxylation is 1.